The maximum Gasteiger partial charge on any atom is 0.320 e. The van der Waals surface area contributed by atoms with Gasteiger partial charge in [-0.1, -0.05) is 6.92 Å². The van der Waals surface area contributed by atoms with Gasteiger partial charge in [-0.3, -0.25) is 0 Å². The van der Waals surface area contributed by atoms with Gasteiger partial charge in [0.1, 0.15) is 0 Å². The number of amides is 2. The highest BCUT2D eigenvalue weighted by molar-refractivity contribution is 5.75. The smallest absolute Gasteiger partial charge is 0.320 e. The van der Waals surface area contributed by atoms with Gasteiger partial charge in [0.2, 0.25) is 0 Å². The molecule has 2 N–H and O–H groups in total. The van der Waals surface area contributed by atoms with Crippen molar-refractivity contribution in [1.82, 2.24) is 9.80 Å². The Morgan fingerprint density at radius 3 is 2.44 bits per heavy atom. The Hall–Kier alpha value is -0.770. The van der Waals surface area contributed by atoms with Crippen molar-refractivity contribution in [3.8, 4) is 0 Å². The molecule has 1 aliphatic carbocycles. The first-order chi connectivity index (χ1) is 7.72. The van der Waals surface area contributed by atoms with E-state index < -0.39 is 0 Å². The van der Waals surface area contributed by atoms with E-state index in [1.807, 2.05) is 9.80 Å². The van der Waals surface area contributed by atoms with E-state index in [9.17, 15) is 4.79 Å². The fourth-order valence-electron chi connectivity index (χ4n) is 2.34. The molecule has 0 aromatic carbocycles. The van der Waals surface area contributed by atoms with Crippen LogP contribution in [0.1, 0.15) is 32.6 Å². The van der Waals surface area contributed by atoms with Crippen LogP contribution in [0.2, 0.25) is 0 Å². The highest BCUT2D eigenvalue weighted by Crippen LogP contribution is 2.28. The molecule has 2 amide bonds. The summed E-state index contributed by atoms with van der Waals surface area (Å²) in [5.74, 6) is 0.771. The third kappa shape index (κ3) is 2.67. The molecule has 0 bridgehead atoms. The first-order valence-electron chi connectivity index (χ1n) is 6.48. The van der Waals surface area contributed by atoms with E-state index >= 15 is 0 Å². The largest absolute Gasteiger partial charge is 0.329 e. The van der Waals surface area contributed by atoms with E-state index in [1.165, 1.54) is 0 Å². The zero-order valence-corrected chi connectivity index (χ0v) is 10.2. The van der Waals surface area contributed by atoms with Crippen LogP contribution < -0.4 is 5.73 Å². The molecule has 0 spiro atoms. The van der Waals surface area contributed by atoms with Gasteiger partial charge in [0, 0.05) is 32.2 Å². The zero-order valence-electron chi connectivity index (χ0n) is 10.2. The van der Waals surface area contributed by atoms with Gasteiger partial charge in [0.15, 0.2) is 0 Å². The average molecular weight is 225 g/mol. The molecule has 0 atom stereocenters. The molecule has 2 aliphatic rings. The van der Waals surface area contributed by atoms with Gasteiger partial charge >= 0.3 is 6.03 Å². The van der Waals surface area contributed by atoms with Gasteiger partial charge < -0.3 is 15.5 Å². The lowest BCUT2D eigenvalue weighted by molar-refractivity contribution is 0.133. The minimum atomic E-state index is 0.222. The number of likely N-dealkylation sites (tertiary alicyclic amines) is 1. The lowest BCUT2D eigenvalue weighted by Gasteiger charge is -2.35. The molecule has 2 rings (SSSR count). The monoisotopic (exact) mass is 225 g/mol. The van der Waals surface area contributed by atoms with Crippen molar-refractivity contribution < 1.29 is 4.79 Å². The molecule has 1 heterocycles. The van der Waals surface area contributed by atoms with Crippen LogP contribution in [0.15, 0.2) is 0 Å². The Labute approximate surface area is 97.8 Å². The number of nitrogens with two attached hydrogens (primary N) is 1. The molecule has 1 aliphatic heterocycles. The number of rotatable bonds is 3. The van der Waals surface area contributed by atoms with E-state index in [0.717, 1.165) is 51.2 Å². The Bertz CT molecular complexity index is 245. The van der Waals surface area contributed by atoms with Crippen LogP contribution in [0.5, 0.6) is 0 Å². The van der Waals surface area contributed by atoms with E-state index in [-0.39, 0.29) is 6.03 Å². The quantitative estimate of drug-likeness (QED) is 0.786. The number of urea groups is 1. The maximum absolute atomic E-state index is 12.3. The summed E-state index contributed by atoms with van der Waals surface area (Å²) in [6.07, 6.45) is 4.62. The van der Waals surface area contributed by atoms with E-state index in [2.05, 4.69) is 6.92 Å². The van der Waals surface area contributed by atoms with Crippen molar-refractivity contribution >= 4 is 6.03 Å². The second-order valence-corrected chi connectivity index (χ2v) is 5.17. The Balaban J connectivity index is 1.88. The first kappa shape index (κ1) is 11.7. The number of hydrogen-bond acceptors (Lipinski definition) is 2. The van der Waals surface area contributed by atoms with E-state index in [1.54, 1.807) is 0 Å². The van der Waals surface area contributed by atoms with Crippen molar-refractivity contribution in [2.24, 2.45) is 11.7 Å². The third-order valence-corrected chi connectivity index (χ3v) is 3.66. The highest BCUT2D eigenvalue weighted by atomic mass is 16.2. The Morgan fingerprint density at radius 1 is 1.31 bits per heavy atom. The Kier molecular flexibility index (Phi) is 3.69. The van der Waals surface area contributed by atoms with Crippen LogP contribution in [-0.2, 0) is 0 Å². The molecule has 16 heavy (non-hydrogen) atoms. The van der Waals surface area contributed by atoms with Gasteiger partial charge in [-0.2, -0.15) is 0 Å². The van der Waals surface area contributed by atoms with E-state index in [4.69, 9.17) is 5.73 Å². The fraction of sp³-hybridized carbons (Fsp3) is 0.917. The minimum Gasteiger partial charge on any atom is -0.329 e. The highest BCUT2D eigenvalue weighted by Gasteiger charge is 2.34. The van der Waals surface area contributed by atoms with Crippen LogP contribution in [0.3, 0.4) is 0 Å². The summed E-state index contributed by atoms with van der Waals surface area (Å²) >= 11 is 0. The number of carbonyl (C=O) groups is 1. The summed E-state index contributed by atoms with van der Waals surface area (Å²) in [5, 5.41) is 0. The van der Waals surface area contributed by atoms with Gasteiger partial charge in [0.05, 0.1) is 0 Å². The summed E-state index contributed by atoms with van der Waals surface area (Å²) in [4.78, 5) is 16.3. The molecule has 0 radical (unpaired) electrons. The fourth-order valence-corrected chi connectivity index (χ4v) is 2.34. The minimum absolute atomic E-state index is 0.222. The molecule has 4 nitrogen and oxygen atoms in total. The summed E-state index contributed by atoms with van der Waals surface area (Å²) in [5.41, 5.74) is 5.57. The van der Waals surface area contributed by atoms with Crippen molar-refractivity contribution in [2.75, 3.05) is 26.2 Å². The van der Waals surface area contributed by atoms with Crippen LogP contribution in [0, 0.1) is 5.92 Å². The molecule has 2 fully saturated rings. The number of piperidine rings is 1. The van der Waals surface area contributed by atoms with Crippen LogP contribution >= 0.6 is 0 Å². The second-order valence-electron chi connectivity index (χ2n) is 5.17. The molecule has 4 heteroatoms. The molecule has 1 saturated heterocycles. The van der Waals surface area contributed by atoms with Crippen LogP contribution in [0.4, 0.5) is 4.79 Å². The SMILES string of the molecule is CC1CCN(C(=O)N(CCN)C2CC2)CC1. The molecule has 0 aromatic rings. The molecule has 92 valence electrons. The third-order valence-electron chi connectivity index (χ3n) is 3.66. The Morgan fingerprint density at radius 2 is 1.94 bits per heavy atom. The molecule has 0 aromatic heterocycles. The summed E-state index contributed by atoms with van der Waals surface area (Å²) < 4.78 is 0. The van der Waals surface area contributed by atoms with Crippen molar-refractivity contribution in [3.05, 3.63) is 0 Å². The number of carbonyl (C=O) groups excluding carboxylic acids is 1. The topological polar surface area (TPSA) is 49.6 Å². The summed E-state index contributed by atoms with van der Waals surface area (Å²) in [7, 11) is 0. The molecular formula is C12H23N3O. The normalized spacial score (nSPS) is 22.2. The lowest BCUT2D eigenvalue weighted by Crippen LogP contribution is -2.48. The van der Waals surface area contributed by atoms with Gasteiger partial charge in [0.25, 0.3) is 0 Å². The zero-order chi connectivity index (χ0) is 11.5. The van der Waals surface area contributed by atoms with Crippen LogP contribution in [0.25, 0.3) is 0 Å². The van der Waals surface area contributed by atoms with Crippen molar-refractivity contribution in [2.45, 2.75) is 38.6 Å². The van der Waals surface area contributed by atoms with Crippen molar-refractivity contribution in [1.29, 1.82) is 0 Å². The van der Waals surface area contributed by atoms with Crippen LogP contribution in [-0.4, -0.2) is 48.1 Å². The predicted molar refractivity (Wildman–Crippen MR) is 64.1 cm³/mol. The maximum atomic E-state index is 12.3. The number of hydrogen-bond donors (Lipinski definition) is 1. The summed E-state index contributed by atoms with van der Waals surface area (Å²) in [6, 6.07) is 0.704. The summed E-state index contributed by atoms with van der Waals surface area (Å²) in [6.45, 7) is 5.41. The van der Waals surface area contributed by atoms with Gasteiger partial charge in [-0.25, -0.2) is 4.79 Å². The lowest BCUT2D eigenvalue weighted by atomic mass is 9.99. The van der Waals surface area contributed by atoms with Gasteiger partial charge in [-0.15, -0.1) is 0 Å². The number of nitrogens with zero attached hydrogens (tertiary/aromatic N) is 2. The second kappa shape index (κ2) is 5.04. The predicted octanol–water partition coefficient (Wildman–Crippen LogP) is 1.26. The average Bonchev–Trinajstić information content (AvgIpc) is 3.10. The standard InChI is InChI=1S/C12H23N3O/c1-10-4-7-14(8-5-10)12(16)15(9-6-13)11-2-3-11/h10-11H,2-9,13H2,1H3. The first-order valence-corrected chi connectivity index (χ1v) is 6.48. The van der Waals surface area contributed by atoms with E-state index in [0.29, 0.717) is 12.6 Å². The van der Waals surface area contributed by atoms with Gasteiger partial charge in [-0.05, 0) is 31.6 Å². The molecule has 1 saturated carbocycles. The van der Waals surface area contributed by atoms with Crippen molar-refractivity contribution in [3.63, 3.8) is 0 Å². The molecular weight excluding hydrogens is 202 g/mol. The molecule has 0 unspecified atom stereocenters.